The summed E-state index contributed by atoms with van der Waals surface area (Å²) in [7, 11) is 0. The van der Waals surface area contributed by atoms with E-state index >= 15 is 0 Å². The molecule has 20 heavy (non-hydrogen) atoms. The van der Waals surface area contributed by atoms with E-state index in [1.54, 1.807) is 16.8 Å². The average molecular weight is 346 g/mol. The third kappa shape index (κ3) is 4.37. The smallest absolute Gasteiger partial charge is 0.323 e. The van der Waals surface area contributed by atoms with Crippen molar-refractivity contribution in [3.8, 4) is 0 Å². The van der Waals surface area contributed by atoms with Gasteiger partial charge in [0.05, 0.1) is 0 Å². The molecular weight excluding hydrogens is 330 g/mol. The maximum absolute atomic E-state index is 12.3. The zero-order valence-electron chi connectivity index (χ0n) is 11.0. The molecule has 1 rings (SSSR count). The summed E-state index contributed by atoms with van der Waals surface area (Å²) in [6.07, 6.45) is 2.55. The van der Waals surface area contributed by atoms with Crippen molar-refractivity contribution in [1.29, 1.82) is 0 Å². The monoisotopic (exact) mass is 345 g/mol. The Labute approximate surface area is 124 Å². The molecule has 0 aliphatic carbocycles. The van der Waals surface area contributed by atoms with Gasteiger partial charge in [0, 0.05) is 17.2 Å². The molecule has 3 N–H and O–H groups in total. The van der Waals surface area contributed by atoms with Gasteiger partial charge >= 0.3 is 5.97 Å². The largest absolute Gasteiger partial charge is 0.480 e. The number of hydrogen-bond acceptors (Lipinski definition) is 3. The van der Waals surface area contributed by atoms with Crippen molar-refractivity contribution in [2.75, 3.05) is 13.1 Å². The molecule has 1 aromatic rings. The number of amides is 2. The van der Waals surface area contributed by atoms with Gasteiger partial charge in [0.15, 0.2) is 0 Å². The zero-order chi connectivity index (χ0) is 15.3. The number of aromatic nitrogens is 1. The van der Waals surface area contributed by atoms with Crippen molar-refractivity contribution in [1.82, 2.24) is 9.47 Å². The number of aryl methyl sites for hydroxylation is 1. The fourth-order valence-corrected chi connectivity index (χ4v) is 2.26. The second-order valence-electron chi connectivity index (χ2n) is 4.26. The van der Waals surface area contributed by atoms with E-state index in [0.717, 1.165) is 11.3 Å². The molecule has 2 amide bonds. The molecule has 0 aliphatic rings. The Morgan fingerprint density at radius 1 is 1.40 bits per heavy atom. The highest BCUT2D eigenvalue weighted by atomic mass is 79.9. The minimum absolute atomic E-state index is 0.321. The third-order valence-corrected chi connectivity index (χ3v) is 2.94. The highest BCUT2D eigenvalue weighted by molar-refractivity contribution is 9.10. The molecule has 0 spiro atoms. The number of carboxylic acid groups (broad SMARTS) is 1. The number of nitrogens with zero attached hydrogens (tertiary/aromatic N) is 2. The molecule has 7 nitrogen and oxygen atoms in total. The lowest BCUT2D eigenvalue weighted by Gasteiger charge is -2.19. The van der Waals surface area contributed by atoms with Crippen LogP contribution in [-0.4, -0.2) is 45.4 Å². The van der Waals surface area contributed by atoms with E-state index in [1.165, 1.54) is 0 Å². The molecule has 1 aromatic heterocycles. The second-order valence-corrected chi connectivity index (χ2v) is 5.17. The number of carbonyl (C=O) groups is 3. The maximum atomic E-state index is 12.3. The summed E-state index contributed by atoms with van der Waals surface area (Å²) in [4.78, 5) is 35.0. The van der Waals surface area contributed by atoms with Gasteiger partial charge in [-0.05, 0) is 28.4 Å². The molecule has 0 saturated heterocycles. The normalized spacial score (nSPS) is 10.3. The van der Waals surface area contributed by atoms with Gasteiger partial charge in [-0.1, -0.05) is 6.92 Å². The van der Waals surface area contributed by atoms with Gasteiger partial charge in [0.1, 0.15) is 18.8 Å². The maximum Gasteiger partial charge on any atom is 0.323 e. The Hall–Kier alpha value is -1.83. The summed E-state index contributed by atoms with van der Waals surface area (Å²) in [6, 6.07) is 1.59. The van der Waals surface area contributed by atoms with Crippen LogP contribution in [0.1, 0.15) is 23.8 Å². The summed E-state index contributed by atoms with van der Waals surface area (Å²) in [5, 5.41) is 8.81. The highest BCUT2D eigenvalue weighted by Gasteiger charge is 2.23. The van der Waals surface area contributed by atoms with Gasteiger partial charge in [-0.25, -0.2) is 0 Å². The summed E-state index contributed by atoms with van der Waals surface area (Å²) >= 11 is 3.27. The summed E-state index contributed by atoms with van der Waals surface area (Å²) in [5.74, 6) is -2.50. The van der Waals surface area contributed by atoms with Crippen molar-refractivity contribution in [2.45, 2.75) is 19.9 Å². The highest BCUT2D eigenvalue weighted by Crippen LogP contribution is 2.17. The number of carbonyl (C=O) groups excluding carboxylic acids is 2. The van der Waals surface area contributed by atoms with Crippen LogP contribution in [0.3, 0.4) is 0 Å². The fourth-order valence-electron chi connectivity index (χ4n) is 1.79. The molecule has 0 radical (unpaired) electrons. The lowest BCUT2D eigenvalue weighted by molar-refractivity contribution is -0.138. The van der Waals surface area contributed by atoms with Gasteiger partial charge in [-0.3, -0.25) is 14.4 Å². The Morgan fingerprint density at radius 2 is 2.05 bits per heavy atom. The molecule has 0 aliphatic heterocycles. The molecular formula is C12H16BrN3O4. The number of carboxylic acids is 1. The molecule has 8 heteroatoms. The summed E-state index contributed by atoms with van der Waals surface area (Å²) in [6.45, 7) is 1.57. The minimum Gasteiger partial charge on any atom is -0.480 e. The van der Waals surface area contributed by atoms with Crippen LogP contribution < -0.4 is 5.73 Å². The van der Waals surface area contributed by atoms with Crippen LogP contribution in [0, 0.1) is 0 Å². The standard InChI is InChI=1S/C12H16BrN3O4/c1-2-3-15-5-8(13)4-9(15)12(20)16(6-10(14)17)7-11(18)19/h4-5H,2-3,6-7H2,1H3,(H2,14,17)(H,18,19). The third-order valence-electron chi connectivity index (χ3n) is 2.51. The Morgan fingerprint density at radius 3 is 2.55 bits per heavy atom. The van der Waals surface area contributed by atoms with Crippen molar-refractivity contribution in [3.05, 3.63) is 22.4 Å². The van der Waals surface area contributed by atoms with Crippen LogP contribution in [0.25, 0.3) is 0 Å². The minimum atomic E-state index is -1.20. The van der Waals surface area contributed by atoms with Crippen LogP contribution in [0.15, 0.2) is 16.7 Å². The van der Waals surface area contributed by atoms with Gasteiger partial charge < -0.3 is 20.3 Å². The Bertz CT molecular complexity index is 511. The molecule has 0 bridgehead atoms. The lowest BCUT2D eigenvalue weighted by Crippen LogP contribution is -2.42. The van der Waals surface area contributed by atoms with E-state index in [-0.39, 0.29) is 0 Å². The van der Waals surface area contributed by atoms with Crippen LogP contribution in [0.5, 0.6) is 0 Å². The summed E-state index contributed by atoms with van der Waals surface area (Å²) < 4.78 is 2.42. The van der Waals surface area contributed by atoms with Crippen molar-refractivity contribution >= 4 is 33.7 Å². The first kappa shape index (κ1) is 16.2. The van der Waals surface area contributed by atoms with Crippen molar-refractivity contribution < 1.29 is 19.5 Å². The van der Waals surface area contributed by atoms with Crippen LogP contribution in [0.2, 0.25) is 0 Å². The summed E-state index contributed by atoms with van der Waals surface area (Å²) in [5.41, 5.74) is 5.37. The van der Waals surface area contributed by atoms with E-state index in [4.69, 9.17) is 10.8 Å². The lowest BCUT2D eigenvalue weighted by atomic mass is 10.3. The van der Waals surface area contributed by atoms with Gasteiger partial charge in [0.25, 0.3) is 5.91 Å². The first-order valence-electron chi connectivity index (χ1n) is 6.00. The molecule has 0 atom stereocenters. The number of rotatable bonds is 7. The van der Waals surface area contributed by atoms with E-state index in [2.05, 4.69) is 15.9 Å². The van der Waals surface area contributed by atoms with E-state index in [9.17, 15) is 14.4 Å². The topological polar surface area (TPSA) is 106 Å². The first-order valence-corrected chi connectivity index (χ1v) is 6.79. The number of primary amides is 1. The Kier molecular flexibility index (Phi) is 5.75. The number of nitrogens with two attached hydrogens (primary N) is 1. The predicted octanol–water partition coefficient (Wildman–Crippen LogP) is 0.673. The van der Waals surface area contributed by atoms with E-state index in [1.807, 2.05) is 6.92 Å². The Balaban J connectivity index is 3.04. The molecule has 0 unspecified atom stereocenters. The van der Waals surface area contributed by atoms with Crippen LogP contribution >= 0.6 is 15.9 Å². The predicted molar refractivity (Wildman–Crippen MR) is 75.2 cm³/mol. The van der Waals surface area contributed by atoms with Gasteiger partial charge in [-0.15, -0.1) is 0 Å². The van der Waals surface area contributed by atoms with Gasteiger partial charge in [0.2, 0.25) is 5.91 Å². The molecule has 0 aromatic carbocycles. The van der Waals surface area contributed by atoms with Crippen molar-refractivity contribution in [2.24, 2.45) is 5.73 Å². The van der Waals surface area contributed by atoms with E-state index in [0.29, 0.717) is 16.7 Å². The average Bonchev–Trinajstić information content (AvgIpc) is 2.68. The SMILES string of the molecule is CCCn1cc(Br)cc1C(=O)N(CC(N)=O)CC(=O)O. The number of aliphatic carboxylic acids is 1. The van der Waals surface area contributed by atoms with Gasteiger partial charge in [-0.2, -0.15) is 0 Å². The van der Waals surface area contributed by atoms with Crippen LogP contribution in [-0.2, 0) is 16.1 Å². The van der Waals surface area contributed by atoms with Crippen LogP contribution in [0.4, 0.5) is 0 Å². The quantitative estimate of drug-likeness (QED) is 0.757. The number of halogens is 1. The van der Waals surface area contributed by atoms with E-state index < -0.39 is 30.9 Å². The molecule has 110 valence electrons. The van der Waals surface area contributed by atoms with Crippen molar-refractivity contribution in [3.63, 3.8) is 0 Å². The molecule has 0 saturated carbocycles. The zero-order valence-corrected chi connectivity index (χ0v) is 12.6. The second kappa shape index (κ2) is 7.09. The number of hydrogen-bond donors (Lipinski definition) is 2. The fraction of sp³-hybridized carbons (Fsp3) is 0.417. The first-order chi connectivity index (χ1) is 9.35. The molecule has 0 fully saturated rings. The molecule has 1 heterocycles.